The minimum absolute atomic E-state index is 0.737. The van der Waals surface area contributed by atoms with Crippen LogP contribution in [0.4, 0.5) is 0 Å². The van der Waals surface area contributed by atoms with Crippen molar-refractivity contribution < 1.29 is 0 Å². The summed E-state index contributed by atoms with van der Waals surface area (Å²) >= 11 is 3.33. The second-order valence-electron chi connectivity index (χ2n) is 2.59. The van der Waals surface area contributed by atoms with Gasteiger partial charge in [0.1, 0.15) is 4.60 Å². The highest BCUT2D eigenvalue weighted by Crippen LogP contribution is 2.17. The summed E-state index contributed by atoms with van der Waals surface area (Å²) in [6.45, 7) is 3.67. The molecule has 3 heteroatoms. The van der Waals surface area contributed by atoms with Gasteiger partial charge in [0, 0.05) is 0 Å². The molecule has 2 rings (SSSR count). The summed E-state index contributed by atoms with van der Waals surface area (Å²) in [6, 6.07) is 7.75. The number of hydrogen-bond acceptors (Lipinski definition) is 2. The third-order valence-corrected chi connectivity index (χ3v) is 2.33. The molecule has 0 radical (unpaired) electrons. The van der Waals surface area contributed by atoms with Crippen LogP contribution in [0, 0.1) is 0 Å². The van der Waals surface area contributed by atoms with Crippen LogP contribution in [0.5, 0.6) is 0 Å². The highest BCUT2D eigenvalue weighted by atomic mass is 79.9. The van der Waals surface area contributed by atoms with Crippen LogP contribution in [0.25, 0.3) is 17.1 Å². The molecular formula is C10H7BrN2. The Hall–Kier alpha value is -1.22. The number of nitrogens with zero attached hydrogens (tertiary/aromatic N) is 2. The summed E-state index contributed by atoms with van der Waals surface area (Å²) in [5.74, 6) is 0. The summed E-state index contributed by atoms with van der Waals surface area (Å²) in [4.78, 5) is 8.70. The molecule has 0 unspecified atom stereocenters. The number of para-hydroxylation sites is 2. The lowest BCUT2D eigenvalue weighted by molar-refractivity contribution is 1.22. The third-order valence-electron chi connectivity index (χ3n) is 1.75. The molecule has 2 aromatic rings. The Morgan fingerprint density at radius 3 is 2.38 bits per heavy atom. The standard InChI is InChI=1S/C10H7BrN2/c1-2-7-10(11)13-9-6-4-3-5-8(9)12-7/h2-6H,1H2. The van der Waals surface area contributed by atoms with E-state index < -0.39 is 0 Å². The van der Waals surface area contributed by atoms with Gasteiger partial charge < -0.3 is 0 Å². The first-order valence-corrected chi connectivity index (χ1v) is 4.65. The Labute approximate surface area is 84.5 Å². The Morgan fingerprint density at radius 1 is 1.15 bits per heavy atom. The maximum Gasteiger partial charge on any atom is 0.132 e. The fraction of sp³-hybridized carbons (Fsp3) is 0. The average Bonchev–Trinajstić information content (AvgIpc) is 2.17. The van der Waals surface area contributed by atoms with E-state index in [0.717, 1.165) is 21.3 Å². The molecule has 13 heavy (non-hydrogen) atoms. The van der Waals surface area contributed by atoms with Crippen LogP contribution in [-0.4, -0.2) is 9.97 Å². The SMILES string of the molecule is C=Cc1nc2ccccc2nc1Br. The van der Waals surface area contributed by atoms with E-state index in [2.05, 4.69) is 32.5 Å². The Balaban J connectivity index is 2.81. The van der Waals surface area contributed by atoms with Crippen molar-refractivity contribution in [2.45, 2.75) is 0 Å². The van der Waals surface area contributed by atoms with E-state index in [9.17, 15) is 0 Å². The van der Waals surface area contributed by atoms with Gasteiger partial charge in [-0.15, -0.1) is 0 Å². The van der Waals surface area contributed by atoms with Crippen LogP contribution in [0.2, 0.25) is 0 Å². The fourth-order valence-electron chi connectivity index (χ4n) is 1.12. The summed E-state index contributed by atoms with van der Waals surface area (Å²) in [6.07, 6.45) is 1.68. The first-order valence-electron chi connectivity index (χ1n) is 3.86. The Morgan fingerprint density at radius 2 is 1.77 bits per heavy atom. The van der Waals surface area contributed by atoms with Crippen molar-refractivity contribution >= 4 is 33.0 Å². The van der Waals surface area contributed by atoms with Crippen LogP contribution < -0.4 is 0 Å². The number of rotatable bonds is 1. The van der Waals surface area contributed by atoms with Gasteiger partial charge in [-0.05, 0) is 34.1 Å². The van der Waals surface area contributed by atoms with Crippen molar-refractivity contribution in [1.29, 1.82) is 0 Å². The average molecular weight is 235 g/mol. The van der Waals surface area contributed by atoms with Crippen molar-refractivity contribution in [3.8, 4) is 0 Å². The van der Waals surface area contributed by atoms with Gasteiger partial charge in [-0.1, -0.05) is 18.7 Å². The first-order chi connectivity index (χ1) is 6.31. The van der Waals surface area contributed by atoms with Crippen LogP contribution in [0.1, 0.15) is 5.69 Å². The zero-order valence-electron chi connectivity index (χ0n) is 6.87. The molecule has 0 saturated carbocycles. The number of fused-ring (bicyclic) bond motifs is 1. The lowest BCUT2D eigenvalue weighted by atomic mass is 10.3. The highest BCUT2D eigenvalue weighted by molar-refractivity contribution is 9.10. The molecular weight excluding hydrogens is 228 g/mol. The van der Waals surface area contributed by atoms with Gasteiger partial charge >= 0.3 is 0 Å². The number of hydrogen-bond donors (Lipinski definition) is 0. The second-order valence-corrected chi connectivity index (χ2v) is 3.34. The molecule has 0 bridgehead atoms. The van der Waals surface area contributed by atoms with Crippen molar-refractivity contribution in [2.24, 2.45) is 0 Å². The molecule has 1 heterocycles. The molecule has 1 aromatic heterocycles. The van der Waals surface area contributed by atoms with Crippen LogP contribution in [-0.2, 0) is 0 Å². The van der Waals surface area contributed by atoms with Crippen molar-refractivity contribution in [3.05, 3.63) is 41.1 Å². The van der Waals surface area contributed by atoms with Crippen LogP contribution in [0.15, 0.2) is 35.4 Å². The van der Waals surface area contributed by atoms with Gasteiger partial charge in [-0.2, -0.15) is 0 Å². The van der Waals surface area contributed by atoms with Crippen molar-refractivity contribution in [2.75, 3.05) is 0 Å². The van der Waals surface area contributed by atoms with Gasteiger partial charge in [0.2, 0.25) is 0 Å². The topological polar surface area (TPSA) is 25.8 Å². The quantitative estimate of drug-likeness (QED) is 0.759. The molecule has 0 fully saturated rings. The van der Waals surface area contributed by atoms with Crippen molar-refractivity contribution in [3.63, 3.8) is 0 Å². The summed E-state index contributed by atoms with van der Waals surface area (Å²) in [5, 5.41) is 0. The van der Waals surface area contributed by atoms with E-state index in [-0.39, 0.29) is 0 Å². The van der Waals surface area contributed by atoms with Gasteiger partial charge in [-0.25, -0.2) is 9.97 Å². The summed E-state index contributed by atoms with van der Waals surface area (Å²) in [7, 11) is 0. The van der Waals surface area contributed by atoms with E-state index in [1.54, 1.807) is 6.08 Å². The summed E-state index contributed by atoms with van der Waals surface area (Å²) < 4.78 is 0.737. The number of benzene rings is 1. The molecule has 0 atom stereocenters. The molecule has 0 aliphatic heterocycles. The molecule has 0 aliphatic rings. The monoisotopic (exact) mass is 234 g/mol. The molecule has 0 amide bonds. The second kappa shape index (κ2) is 3.26. The van der Waals surface area contributed by atoms with Gasteiger partial charge in [-0.3, -0.25) is 0 Å². The minimum Gasteiger partial charge on any atom is -0.244 e. The van der Waals surface area contributed by atoms with Crippen LogP contribution in [0.3, 0.4) is 0 Å². The van der Waals surface area contributed by atoms with E-state index >= 15 is 0 Å². The molecule has 0 N–H and O–H groups in total. The van der Waals surface area contributed by atoms with Gasteiger partial charge in [0.05, 0.1) is 16.7 Å². The van der Waals surface area contributed by atoms with Crippen molar-refractivity contribution in [1.82, 2.24) is 9.97 Å². The maximum atomic E-state index is 4.37. The molecule has 64 valence electrons. The normalized spacial score (nSPS) is 10.2. The van der Waals surface area contributed by atoms with E-state index in [1.165, 1.54) is 0 Å². The lowest BCUT2D eigenvalue weighted by Gasteiger charge is -1.99. The largest absolute Gasteiger partial charge is 0.244 e. The predicted octanol–water partition coefficient (Wildman–Crippen LogP) is 3.04. The lowest BCUT2D eigenvalue weighted by Crippen LogP contribution is -1.89. The zero-order chi connectivity index (χ0) is 9.26. The number of aromatic nitrogens is 2. The van der Waals surface area contributed by atoms with Gasteiger partial charge in [0.25, 0.3) is 0 Å². The molecule has 0 saturated heterocycles. The zero-order valence-corrected chi connectivity index (χ0v) is 8.45. The third kappa shape index (κ3) is 1.47. The minimum atomic E-state index is 0.737. The predicted molar refractivity (Wildman–Crippen MR) is 57.3 cm³/mol. The van der Waals surface area contributed by atoms with E-state index in [4.69, 9.17) is 0 Å². The summed E-state index contributed by atoms with van der Waals surface area (Å²) in [5.41, 5.74) is 2.55. The van der Waals surface area contributed by atoms with E-state index in [0.29, 0.717) is 0 Å². The fourth-order valence-corrected chi connectivity index (χ4v) is 1.56. The Bertz CT molecular complexity index is 465. The smallest absolute Gasteiger partial charge is 0.132 e. The molecule has 1 aromatic carbocycles. The Kier molecular flexibility index (Phi) is 2.10. The first kappa shape index (κ1) is 8.38. The van der Waals surface area contributed by atoms with Gasteiger partial charge in [0.15, 0.2) is 0 Å². The molecule has 2 nitrogen and oxygen atoms in total. The maximum absolute atomic E-state index is 4.37. The molecule has 0 aliphatic carbocycles. The van der Waals surface area contributed by atoms with Crippen LogP contribution >= 0.6 is 15.9 Å². The number of halogens is 1. The molecule has 0 spiro atoms. The van der Waals surface area contributed by atoms with E-state index in [1.807, 2.05) is 24.3 Å². The highest BCUT2D eigenvalue weighted by Gasteiger charge is 2.01.